The molecule has 0 aliphatic rings. The smallest absolute Gasteiger partial charge is 0.183 e. The third-order valence-corrected chi connectivity index (χ3v) is 3.17. The van der Waals surface area contributed by atoms with Gasteiger partial charge in [-0.2, -0.15) is 4.39 Å². The quantitative estimate of drug-likeness (QED) is 0.776. The van der Waals surface area contributed by atoms with Gasteiger partial charge in [-0.3, -0.25) is 0 Å². The van der Waals surface area contributed by atoms with Gasteiger partial charge in [0.25, 0.3) is 0 Å². The molecule has 0 saturated heterocycles. The Bertz CT molecular complexity index is 452. The highest BCUT2D eigenvalue weighted by atomic mass is 35.5. The Morgan fingerprint density at radius 2 is 2.23 bits per heavy atom. The number of halogens is 2. The van der Waals surface area contributed by atoms with Crippen molar-refractivity contribution in [3.8, 4) is 0 Å². The summed E-state index contributed by atoms with van der Waals surface area (Å²) in [5.41, 5.74) is 0.297. The number of aliphatic hydroxyl groups is 1. The van der Waals surface area contributed by atoms with E-state index in [1.54, 1.807) is 18.2 Å². The van der Waals surface area contributed by atoms with Crippen molar-refractivity contribution >= 4 is 33.0 Å². The summed E-state index contributed by atoms with van der Waals surface area (Å²) in [5, 5.41) is 9.70. The molecule has 0 aliphatic heterocycles. The van der Waals surface area contributed by atoms with E-state index < -0.39 is 0 Å². The topological polar surface area (TPSA) is 20.2 Å². The molecule has 1 aromatic carbocycles. The molecule has 0 fully saturated rings. The predicted octanol–water partition coefficient (Wildman–Crippen LogP) is 3.19. The minimum atomic E-state index is -0.356. The van der Waals surface area contributed by atoms with Crippen LogP contribution in [0.25, 0.3) is 10.1 Å². The van der Waals surface area contributed by atoms with Crippen LogP contribution in [-0.2, 0) is 6.61 Å². The summed E-state index contributed by atoms with van der Waals surface area (Å²) >= 11 is 6.89. The number of benzene rings is 1. The fourth-order valence-electron chi connectivity index (χ4n) is 1.28. The van der Waals surface area contributed by atoms with Crippen molar-refractivity contribution < 1.29 is 9.50 Å². The van der Waals surface area contributed by atoms with Crippen molar-refractivity contribution in [3.63, 3.8) is 0 Å². The van der Waals surface area contributed by atoms with Gasteiger partial charge in [-0.25, -0.2) is 0 Å². The van der Waals surface area contributed by atoms with Crippen molar-refractivity contribution in [2.45, 2.75) is 6.61 Å². The molecule has 0 amide bonds. The molecular formula is C9H6ClFOS. The second-order valence-electron chi connectivity index (χ2n) is 2.63. The standard InChI is InChI=1S/C9H6ClFOS/c10-6-2-1-3-7-8(6)5(4-12)9(11)13-7/h1-3,12H,4H2. The van der Waals surface area contributed by atoms with Crippen LogP contribution in [0, 0.1) is 5.13 Å². The molecule has 0 saturated carbocycles. The molecule has 0 atom stereocenters. The van der Waals surface area contributed by atoms with E-state index in [1.165, 1.54) is 0 Å². The fraction of sp³-hybridized carbons (Fsp3) is 0.111. The number of hydrogen-bond donors (Lipinski definition) is 1. The summed E-state index contributed by atoms with van der Waals surface area (Å²) in [7, 11) is 0. The van der Waals surface area contributed by atoms with Crippen molar-refractivity contribution in [3.05, 3.63) is 33.9 Å². The summed E-state index contributed by atoms with van der Waals surface area (Å²) in [6.45, 7) is -0.310. The second kappa shape index (κ2) is 3.25. The Hall–Kier alpha value is -0.640. The van der Waals surface area contributed by atoms with Crippen LogP contribution in [0.4, 0.5) is 4.39 Å². The van der Waals surface area contributed by atoms with Gasteiger partial charge in [-0.1, -0.05) is 17.7 Å². The lowest BCUT2D eigenvalue weighted by Crippen LogP contribution is -1.83. The van der Waals surface area contributed by atoms with Crippen molar-refractivity contribution in [1.82, 2.24) is 0 Å². The largest absolute Gasteiger partial charge is 0.392 e. The molecular weight excluding hydrogens is 211 g/mol. The van der Waals surface area contributed by atoms with Gasteiger partial charge in [-0.05, 0) is 12.1 Å². The highest BCUT2D eigenvalue weighted by molar-refractivity contribution is 7.17. The predicted molar refractivity (Wildman–Crippen MR) is 52.7 cm³/mol. The number of fused-ring (bicyclic) bond motifs is 1. The van der Waals surface area contributed by atoms with Crippen LogP contribution < -0.4 is 0 Å². The Kier molecular flexibility index (Phi) is 2.24. The Labute approximate surface area is 83.4 Å². The first-order valence-electron chi connectivity index (χ1n) is 3.70. The zero-order valence-electron chi connectivity index (χ0n) is 6.55. The van der Waals surface area contributed by atoms with E-state index in [9.17, 15) is 4.39 Å². The molecule has 2 aromatic rings. The van der Waals surface area contributed by atoms with E-state index in [0.717, 1.165) is 16.0 Å². The first-order chi connectivity index (χ1) is 6.24. The molecule has 2 rings (SSSR count). The zero-order chi connectivity index (χ0) is 9.42. The highest BCUT2D eigenvalue weighted by Gasteiger charge is 2.12. The van der Waals surface area contributed by atoms with Crippen molar-refractivity contribution in [2.75, 3.05) is 0 Å². The van der Waals surface area contributed by atoms with Gasteiger partial charge in [0.1, 0.15) is 0 Å². The molecule has 0 spiro atoms. The van der Waals surface area contributed by atoms with Gasteiger partial charge < -0.3 is 5.11 Å². The van der Waals surface area contributed by atoms with Crippen LogP contribution in [0.2, 0.25) is 5.02 Å². The van der Waals surface area contributed by atoms with Gasteiger partial charge in [0.2, 0.25) is 0 Å². The molecule has 1 heterocycles. The van der Waals surface area contributed by atoms with E-state index in [1.807, 2.05) is 0 Å². The molecule has 0 radical (unpaired) electrons. The highest BCUT2D eigenvalue weighted by Crippen LogP contribution is 2.34. The number of aliphatic hydroxyl groups excluding tert-OH is 1. The van der Waals surface area contributed by atoms with Gasteiger partial charge in [0.15, 0.2) is 5.13 Å². The molecule has 1 nitrogen and oxygen atoms in total. The average Bonchev–Trinajstić information content (AvgIpc) is 2.42. The maximum absolute atomic E-state index is 13.2. The molecule has 0 aliphatic carbocycles. The monoisotopic (exact) mass is 216 g/mol. The van der Waals surface area contributed by atoms with Crippen LogP contribution in [0.15, 0.2) is 18.2 Å². The maximum atomic E-state index is 13.2. The van der Waals surface area contributed by atoms with Crippen LogP contribution in [0.5, 0.6) is 0 Å². The number of hydrogen-bond acceptors (Lipinski definition) is 2. The van der Waals surface area contributed by atoms with Crippen LogP contribution in [-0.4, -0.2) is 5.11 Å². The van der Waals surface area contributed by atoms with E-state index in [0.29, 0.717) is 16.0 Å². The second-order valence-corrected chi connectivity index (χ2v) is 4.03. The van der Waals surface area contributed by atoms with Gasteiger partial charge in [0.05, 0.1) is 6.61 Å². The lowest BCUT2D eigenvalue weighted by Gasteiger charge is -1.95. The summed E-state index contributed by atoms with van der Waals surface area (Å²) in [5.74, 6) is 0. The third-order valence-electron chi connectivity index (χ3n) is 1.87. The van der Waals surface area contributed by atoms with Crippen LogP contribution >= 0.6 is 22.9 Å². The molecule has 0 unspecified atom stereocenters. The first-order valence-corrected chi connectivity index (χ1v) is 4.89. The minimum absolute atomic E-state index is 0.297. The van der Waals surface area contributed by atoms with Gasteiger partial charge >= 0.3 is 0 Å². The van der Waals surface area contributed by atoms with Crippen molar-refractivity contribution in [1.29, 1.82) is 0 Å². The normalized spacial score (nSPS) is 11.0. The molecule has 4 heteroatoms. The summed E-state index contributed by atoms with van der Waals surface area (Å²) < 4.78 is 14.0. The summed E-state index contributed by atoms with van der Waals surface area (Å²) in [4.78, 5) is 0. The fourth-order valence-corrected chi connectivity index (χ4v) is 2.59. The maximum Gasteiger partial charge on any atom is 0.183 e. The van der Waals surface area contributed by atoms with E-state index in [2.05, 4.69) is 0 Å². The SMILES string of the molecule is OCc1c(F)sc2cccc(Cl)c12. The summed E-state index contributed by atoms with van der Waals surface area (Å²) in [6, 6.07) is 5.24. The average molecular weight is 217 g/mol. The van der Waals surface area contributed by atoms with Gasteiger partial charge in [0, 0.05) is 20.7 Å². The molecule has 1 N–H and O–H groups in total. The lowest BCUT2D eigenvalue weighted by atomic mass is 10.2. The Morgan fingerprint density at radius 3 is 2.92 bits per heavy atom. The summed E-state index contributed by atoms with van der Waals surface area (Å²) in [6.07, 6.45) is 0. The lowest BCUT2D eigenvalue weighted by molar-refractivity contribution is 0.279. The zero-order valence-corrected chi connectivity index (χ0v) is 8.12. The first kappa shape index (κ1) is 8.94. The molecule has 1 aromatic heterocycles. The molecule has 13 heavy (non-hydrogen) atoms. The van der Waals surface area contributed by atoms with Crippen molar-refractivity contribution in [2.24, 2.45) is 0 Å². The third kappa shape index (κ3) is 1.33. The van der Waals surface area contributed by atoms with Crippen LogP contribution in [0.1, 0.15) is 5.56 Å². The molecule has 0 bridgehead atoms. The number of thiophene rings is 1. The number of rotatable bonds is 1. The van der Waals surface area contributed by atoms with E-state index in [-0.39, 0.29) is 11.7 Å². The minimum Gasteiger partial charge on any atom is -0.392 e. The Morgan fingerprint density at radius 1 is 1.46 bits per heavy atom. The van der Waals surface area contributed by atoms with Crippen LogP contribution in [0.3, 0.4) is 0 Å². The van der Waals surface area contributed by atoms with E-state index >= 15 is 0 Å². The molecule has 68 valence electrons. The van der Waals surface area contributed by atoms with Gasteiger partial charge in [-0.15, -0.1) is 11.3 Å². The Balaban J connectivity index is 2.88. The van der Waals surface area contributed by atoms with E-state index in [4.69, 9.17) is 16.7 Å².